The first-order chi connectivity index (χ1) is 36.2. The predicted octanol–water partition coefficient (Wildman–Crippen LogP) is 25.5. The van der Waals surface area contributed by atoms with Gasteiger partial charge in [-0.2, -0.15) is 0 Å². The van der Waals surface area contributed by atoms with Gasteiger partial charge in [0.1, 0.15) is 0 Å². The Labute approximate surface area is 466 Å². The largest absolute Gasteiger partial charge is 0.302 e. The molecule has 0 heterocycles. The normalized spacial score (nSPS) is 12.4. The van der Waals surface area contributed by atoms with Crippen LogP contribution in [0.15, 0.2) is 0 Å². The highest BCUT2D eigenvalue weighted by Gasteiger charge is 2.17. The zero-order valence-electron chi connectivity index (χ0n) is 52.4. The third kappa shape index (κ3) is 61.0. The summed E-state index contributed by atoms with van der Waals surface area (Å²) in [6.07, 6.45) is 87.6. The molecule has 1 atom stereocenters. The van der Waals surface area contributed by atoms with Gasteiger partial charge in [-0.15, -0.1) is 0 Å². The van der Waals surface area contributed by atoms with Crippen LogP contribution in [0.4, 0.5) is 0 Å². The molecule has 0 rings (SSSR count). The molecule has 0 aromatic carbocycles. The molecule has 0 radical (unpaired) electrons. The summed E-state index contributed by atoms with van der Waals surface area (Å²) in [5.41, 5.74) is 0. The van der Waals surface area contributed by atoms with E-state index in [4.69, 9.17) is 0 Å². The van der Waals surface area contributed by atoms with Gasteiger partial charge in [-0.25, -0.2) is 0 Å². The van der Waals surface area contributed by atoms with Crippen molar-refractivity contribution in [2.45, 2.75) is 426 Å². The van der Waals surface area contributed by atoms with Gasteiger partial charge in [-0.3, -0.25) is 4.90 Å². The molecule has 0 aliphatic heterocycles. The Kier molecular flexibility index (Phi) is 66.1. The average molecular weight is 1030 g/mol. The summed E-state index contributed by atoms with van der Waals surface area (Å²) in [7, 11) is 0. The lowest BCUT2D eigenvalue weighted by Crippen LogP contribution is -2.44. The fourth-order valence-electron chi connectivity index (χ4n) is 12.1. The summed E-state index contributed by atoms with van der Waals surface area (Å²) in [6.45, 7) is 18.6. The van der Waals surface area contributed by atoms with E-state index in [1.165, 1.54) is 418 Å². The van der Waals surface area contributed by atoms with E-state index in [0.29, 0.717) is 6.04 Å². The van der Waals surface area contributed by atoms with Gasteiger partial charge in [0.2, 0.25) is 0 Å². The highest BCUT2D eigenvalue weighted by Crippen LogP contribution is 2.20. The van der Waals surface area contributed by atoms with Crippen LogP contribution in [0.1, 0.15) is 420 Å². The summed E-state index contributed by atoms with van der Waals surface area (Å²) in [4.78, 5) is 5.94. The Morgan fingerprint density at radius 1 is 0.178 bits per heavy atom. The predicted molar refractivity (Wildman–Crippen MR) is 337 cm³/mol. The summed E-state index contributed by atoms with van der Waals surface area (Å²) in [5.74, 6) is 0. The third-order valence-electron chi connectivity index (χ3n) is 17.4. The standard InChI is InChI=1S/C71H146N2/c1-6-10-14-18-22-26-30-34-38-42-46-50-54-58-62-66-72(67-63-59-55-51-47-43-39-35-31-27-23-19-15-11-7-2)70-71(5)73(68-64-60-56-52-48-44-40-36-32-28-24-20-16-12-8-3)69-65-61-57-53-49-45-41-37-33-29-25-21-17-13-9-4/h71H,6-70H2,1-5H3. The number of rotatable bonds is 67. The molecule has 0 saturated heterocycles. The van der Waals surface area contributed by atoms with Crippen LogP contribution in [0.25, 0.3) is 0 Å². The zero-order valence-corrected chi connectivity index (χ0v) is 52.4. The van der Waals surface area contributed by atoms with Crippen molar-refractivity contribution in [3.63, 3.8) is 0 Å². The molecule has 1 unspecified atom stereocenters. The van der Waals surface area contributed by atoms with E-state index in [9.17, 15) is 0 Å². The second-order valence-electron chi connectivity index (χ2n) is 25.0. The summed E-state index contributed by atoms with van der Waals surface area (Å²) < 4.78 is 0. The Morgan fingerprint density at radius 2 is 0.315 bits per heavy atom. The lowest BCUT2D eigenvalue weighted by Gasteiger charge is -2.34. The van der Waals surface area contributed by atoms with E-state index in [1.807, 2.05) is 0 Å². The Hall–Kier alpha value is -0.0800. The van der Waals surface area contributed by atoms with E-state index < -0.39 is 0 Å². The van der Waals surface area contributed by atoms with Gasteiger partial charge < -0.3 is 4.90 Å². The molecule has 0 aliphatic rings. The lowest BCUT2D eigenvalue weighted by molar-refractivity contribution is 0.140. The van der Waals surface area contributed by atoms with Crippen molar-refractivity contribution in [2.75, 3.05) is 32.7 Å². The van der Waals surface area contributed by atoms with Crippen LogP contribution in [-0.2, 0) is 0 Å². The Balaban J connectivity index is 4.94. The van der Waals surface area contributed by atoms with Gasteiger partial charge in [-0.1, -0.05) is 387 Å². The second-order valence-corrected chi connectivity index (χ2v) is 25.0. The van der Waals surface area contributed by atoms with Crippen molar-refractivity contribution in [1.82, 2.24) is 9.80 Å². The topological polar surface area (TPSA) is 6.48 Å². The van der Waals surface area contributed by atoms with Crippen LogP contribution < -0.4 is 0 Å². The van der Waals surface area contributed by atoms with Gasteiger partial charge >= 0.3 is 0 Å². The molecule has 0 aromatic heterocycles. The monoisotopic (exact) mass is 1030 g/mol. The van der Waals surface area contributed by atoms with E-state index in [1.54, 1.807) is 0 Å². The first kappa shape index (κ1) is 72.9. The van der Waals surface area contributed by atoms with Gasteiger partial charge in [0.25, 0.3) is 0 Å². The minimum atomic E-state index is 0.686. The van der Waals surface area contributed by atoms with Crippen molar-refractivity contribution in [1.29, 1.82) is 0 Å². The summed E-state index contributed by atoms with van der Waals surface area (Å²) >= 11 is 0. The molecular weight excluding hydrogens is 881 g/mol. The first-order valence-electron chi connectivity index (χ1n) is 35.7. The van der Waals surface area contributed by atoms with Crippen LogP contribution in [-0.4, -0.2) is 48.6 Å². The van der Waals surface area contributed by atoms with Gasteiger partial charge in [0.05, 0.1) is 0 Å². The van der Waals surface area contributed by atoms with Crippen LogP contribution in [0.2, 0.25) is 0 Å². The van der Waals surface area contributed by atoms with Gasteiger partial charge in [0.15, 0.2) is 0 Å². The molecular formula is C71H146N2. The van der Waals surface area contributed by atoms with Crippen LogP contribution in [0.3, 0.4) is 0 Å². The smallest absolute Gasteiger partial charge is 0.0194 e. The minimum absolute atomic E-state index is 0.686. The molecule has 440 valence electrons. The lowest BCUT2D eigenvalue weighted by atomic mass is 10.0. The van der Waals surface area contributed by atoms with Crippen LogP contribution in [0, 0.1) is 0 Å². The van der Waals surface area contributed by atoms with Gasteiger partial charge in [0, 0.05) is 12.6 Å². The van der Waals surface area contributed by atoms with Crippen molar-refractivity contribution < 1.29 is 0 Å². The maximum Gasteiger partial charge on any atom is 0.0194 e. The van der Waals surface area contributed by atoms with Crippen molar-refractivity contribution >= 4 is 0 Å². The van der Waals surface area contributed by atoms with Crippen molar-refractivity contribution in [3.05, 3.63) is 0 Å². The Morgan fingerprint density at radius 3 is 0.479 bits per heavy atom. The molecule has 0 spiro atoms. The number of nitrogens with zero attached hydrogens (tertiary/aromatic N) is 2. The van der Waals surface area contributed by atoms with E-state index in [0.717, 1.165) is 0 Å². The molecule has 2 nitrogen and oxygen atoms in total. The fraction of sp³-hybridized carbons (Fsp3) is 1.00. The number of unbranched alkanes of at least 4 members (excludes halogenated alkanes) is 56. The molecule has 0 bridgehead atoms. The molecule has 0 saturated carbocycles. The minimum Gasteiger partial charge on any atom is -0.302 e. The summed E-state index contributed by atoms with van der Waals surface area (Å²) in [6, 6.07) is 0.686. The van der Waals surface area contributed by atoms with E-state index in [2.05, 4.69) is 44.4 Å². The molecule has 0 amide bonds. The van der Waals surface area contributed by atoms with E-state index >= 15 is 0 Å². The maximum absolute atomic E-state index is 2.98. The number of hydrogen-bond acceptors (Lipinski definition) is 2. The maximum atomic E-state index is 2.98. The second kappa shape index (κ2) is 66.2. The van der Waals surface area contributed by atoms with Gasteiger partial charge in [-0.05, 0) is 58.8 Å². The third-order valence-corrected chi connectivity index (χ3v) is 17.4. The highest BCUT2D eigenvalue weighted by molar-refractivity contribution is 4.74. The van der Waals surface area contributed by atoms with Crippen LogP contribution >= 0.6 is 0 Å². The molecule has 0 aliphatic carbocycles. The quantitative estimate of drug-likeness (QED) is 0.0560. The molecule has 0 aromatic rings. The zero-order chi connectivity index (χ0) is 52.7. The number of hydrogen-bond donors (Lipinski definition) is 0. The molecule has 73 heavy (non-hydrogen) atoms. The fourth-order valence-corrected chi connectivity index (χ4v) is 12.1. The first-order valence-corrected chi connectivity index (χ1v) is 35.7. The van der Waals surface area contributed by atoms with Crippen molar-refractivity contribution in [2.24, 2.45) is 0 Å². The average Bonchev–Trinajstić information content (AvgIpc) is 3.39. The Bertz CT molecular complexity index is 864. The molecule has 0 fully saturated rings. The van der Waals surface area contributed by atoms with E-state index in [-0.39, 0.29) is 0 Å². The SMILES string of the molecule is CCCCCCCCCCCCCCCCCN(CCCCCCCCCCCCCCCCC)CC(C)N(CCCCCCCCCCCCCCCCC)CCCCCCCCCCCCCCCCC. The molecule has 0 N–H and O–H groups in total. The summed E-state index contributed by atoms with van der Waals surface area (Å²) in [5, 5.41) is 0. The highest BCUT2D eigenvalue weighted by atomic mass is 15.2. The molecule has 2 heteroatoms. The van der Waals surface area contributed by atoms with Crippen LogP contribution in [0.5, 0.6) is 0 Å². The van der Waals surface area contributed by atoms with Crippen molar-refractivity contribution in [3.8, 4) is 0 Å².